The Kier molecular flexibility index (Phi) is 4.43. The SMILES string of the molecule is Cc1ccc(C#Cc2ccc3c(c2C)CCC2CC(C)CCC32)cc1. The molecule has 2 aromatic rings. The van der Waals surface area contributed by atoms with E-state index >= 15 is 0 Å². The van der Waals surface area contributed by atoms with E-state index in [1.54, 1.807) is 11.1 Å². The number of hydrogen-bond donors (Lipinski definition) is 0. The van der Waals surface area contributed by atoms with E-state index in [1.165, 1.54) is 48.8 Å². The summed E-state index contributed by atoms with van der Waals surface area (Å²) in [5.74, 6) is 9.42. The molecule has 3 atom stereocenters. The Bertz CT molecular complexity index is 829. The second kappa shape index (κ2) is 6.72. The molecule has 0 saturated heterocycles. The van der Waals surface area contributed by atoms with E-state index < -0.39 is 0 Å². The third kappa shape index (κ3) is 3.25. The Morgan fingerprint density at radius 3 is 2.48 bits per heavy atom. The molecule has 2 aromatic carbocycles. The van der Waals surface area contributed by atoms with E-state index in [9.17, 15) is 0 Å². The number of aryl methyl sites for hydroxylation is 1. The van der Waals surface area contributed by atoms with Crippen LogP contribution in [0.5, 0.6) is 0 Å². The molecule has 0 bridgehead atoms. The van der Waals surface area contributed by atoms with Crippen LogP contribution < -0.4 is 0 Å². The van der Waals surface area contributed by atoms with Crippen LogP contribution in [-0.4, -0.2) is 0 Å². The average Bonchev–Trinajstić information content (AvgIpc) is 2.62. The topological polar surface area (TPSA) is 0 Å². The summed E-state index contributed by atoms with van der Waals surface area (Å²) in [6.07, 6.45) is 6.83. The molecule has 0 radical (unpaired) electrons. The molecule has 0 amide bonds. The summed E-state index contributed by atoms with van der Waals surface area (Å²) >= 11 is 0. The molecule has 25 heavy (non-hydrogen) atoms. The molecule has 0 spiro atoms. The van der Waals surface area contributed by atoms with Gasteiger partial charge in [0.15, 0.2) is 0 Å². The minimum atomic E-state index is 0.803. The summed E-state index contributed by atoms with van der Waals surface area (Å²) < 4.78 is 0. The molecule has 0 aromatic heterocycles. The van der Waals surface area contributed by atoms with Gasteiger partial charge < -0.3 is 0 Å². The summed E-state index contributed by atoms with van der Waals surface area (Å²) in [4.78, 5) is 0. The highest BCUT2D eigenvalue weighted by molar-refractivity contribution is 5.52. The Labute approximate surface area is 152 Å². The molecule has 0 nitrogen and oxygen atoms in total. The van der Waals surface area contributed by atoms with Crippen LogP contribution in [0.15, 0.2) is 36.4 Å². The zero-order valence-electron chi connectivity index (χ0n) is 15.7. The van der Waals surface area contributed by atoms with Gasteiger partial charge >= 0.3 is 0 Å². The maximum atomic E-state index is 3.43. The normalized spacial score (nSPS) is 24.7. The second-order valence-corrected chi connectivity index (χ2v) is 8.25. The number of rotatable bonds is 0. The van der Waals surface area contributed by atoms with Gasteiger partial charge in [-0.1, -0.05) is 48.9 Å². The standard InChI is InChI=1S/C25H28/c1-17-4-7-20(8-5-17)9-10-21-11-15-25-23(19(21)3)14-12-22-16-18(2)6-13-24(22)25/h4-5,7-8,11,15,18,22,24H,6,12-14,16H2,1-3H3. The van der Waals surface area contributed by atoms with Crippen LogP contribution in [-0.2, 0) is 6.42 Å². The molecule has 2 aliphatic carbocycles. The van der Waals surface area contributed by atoms with Crippen LogP contribution in [0.25, 0.3) is 0 Å². The highest BCUT2D eigenvalue weighted by atomic mass is 14.4. The van der Waals surface area contributed by atoms with E-state index in [2.05, 4.69) is 69.0 Å². The summed E-state index contributed by atoms with van der Waals surface area (Å²) in [5, 5.41) is 0. The van der Waals surface area contributed by atoms with Crippen molar-refractivity contribution >= 4 is 0 Å². The predicted octanol–water partition coefficient (Wildman–Crippen LogP) is 6.17. The van der Waals surface area contributed by atoms with Crippen molar-refractivity contribution in [3.05, 3.63) is 69.8 Å². The lowest BCUT2D eigenvalue weighted by Crippen LogP contribution is -2.27. The van der Waals surface area contributed by atoms with Crippen LogP contribution in [0.3, 0.4) is 0 Å². The Balaban J connectivity index is 1.64. The smallest absolute Gasteiger partial charge is 0.0281 e. The van der Waals surface area contributed by atoms with Gasteiger partial charge in [-0.25, -0.2) is 0 Å². The molecule has 0 aliphatic heterocycles. The monoisotopic (exact) mass is 328 g/mol. The third-order valence-corrected chi connectivity index (χ3v) is 6.44. The lowest BCUT2D eigenvalue weighted by molar-refractivity contribution is 0.221. The molecule has 1 saturated carbocycles. The summed E-state index contributed by atoms with van der Waals surface area (Å²) in [6, 6.07) is 13.2. The molecule has 0 heteroatoms. The van der Waals surface area contributed by atoms with Gasteiger partial charge in [-0.2, -0.15) is 0 Å². The van der Waals surface area contributed by atoms with Crippen LogP contribution in [0, 0.1) is 37.5 Å². The largest absolute Gasteiger partial charge is 0.0625 e. The van der Waals surface area contributed by atoms with E-state index in [0.717, 1.165) is 23.3 Å². The quantitative estimate of drug-likeness (QED) is 0.507. The van der Waals surface area contributed by atoms with Crippen molar-refractivity contribution in [1.82, 2.24) is 0 Å². The molecule has 0 heterocycles. The Morgan fingerprint density at radius 1 is 0.880 bits per heavy atom. The van der Waals surface area contributed by atoms with Crippen molar-refractivity contribution in [2.75, 3.05) is 0 Å². The predicted molar refractivity (Wildman–Crippen MR) is 106 cm³/mol. The Morgan fingerprint density at radius 2 is 1.68 bits per heavy atom. The van der Waals surface area contributed by atoms with E-state index in [-0.39, 0.29) is 0 Å². The van der Waals surface area contributed by atoms with Crippen molar-refractivity contribution in [3.63, 3.8) is 0 Å². The van der Waals surface area contributed by atoms with Crippen molar-refractivity contribution in [3.8, 4) is 11.8 Å². The Hall–Kier alpha value is -2.00. The van der Waals surface area contributed by atoms with Gasteiger partial charge in [0, 0.05) is 11.1 Å². The lowest BCUT2D eigenvalue weighted by Gasteiger charge is -2.40. The summed E-state index contributed by atoms with van der Waals surface area (Å²) in [5.41, 5.74) is 8.26. The zero-order valence-corrected chi connectivity index (χ0v) is 15.7. The first-order chi connectivity index (χ1) is 12.1. The van der Waals surface area contributed by atoms with Crippen molar-refractivity contribution in [1.29, 1.82) is 0 Å². The van der Waals surface area contributed by atoms with E-state index in [0.29, 0.717) is 0 Å². The van der Waals surface area contributed by atoms with E-state index in [4.69, 9.17) is 0 Å². The molecule has 3 unspecified atom stereocenters. The van der Waals surface area contributed by atoms with Gasteiger partial charge in [0.05, 0.1) is 0 Å². The first-order valence-electron chi connectivity index (χ1n) is 9.83. The van der Waals surface area contributed by atoms with Gasteiger partial charge in [0.2, 0.25) is 0 Å². The van der Waals surface area contributed by atoms with Crippen molar-refractivity contribution in [2.24, 2.45) is 11.8 Å². The summed E-state index contributed by atoms with van der Waals surface area (Å²) in [6.45, 7) is 6.83. The first kappa shape index (κ1) is 16.5. The molecule has 1 fully saturated rings. The minimum absolute atomic E-state index is 0.803. The van der Waals surface area contributed by atoms with Gasteiger partial charge in [0.1, 0.15) is 0 Å². The molecular formula is C25H28. The number of fused-ring (bicyclic) bond motifs is 3. The van der Waals surface area contributed by atoms with Crippen LogP contribution in [0.2, 0.25) is 0 Å². The van der Waals surface area contributed by atoms with Gasteiger partial charge in [-0.05, 0) is 92.2 Å². The highest BCUT2D eigenvalue weighted by Gasteiger charge is 2.34. The third-order valence-electron chi connectivity index (χ3n) is 6.44. The van der Waals surface area contributed by atoms with E-state index in [1.807, 2.05) is 0 Å². The fraction of sp³-hybridized carbons (Fsp3) is 0.440. The first-order valence-corrected chi connectivity index (χ1v) is 9.83. The van der Waals surface area contributed by atoms with Crippen molar-refractivity contribution in [2.45, 2.75) is 58.8 Å². The molecule has 2 aliphatic rings. The molecule has 0 N–H and O–H groups in total. The fourth-order valence-electron chi connectivity index (χ4n) is 4.93. The van der Waals surface area contributed by atoms with Gasteiger partial charge in [0.25, 0.3) is 0 Å². The second-order valence-electron chi connectivity index (χ2n) is 8.25. The van der Waals surface area contributed by atoms with Gasteiger partial charge in [-0.3, -0.25) is 0 Å². The molecular weight excluding hydrogens is 300 g/mol. The van der Waals surface area contributed by atoms with Crippen LogP contribution in [0.1, 0.15) is 71.9 Å². The van der Waals surface area contributed by atoms with Crippen LogP contribution in [0.4, 0.5) is 0 Å². The number of hydrogen-bond acceptors (Lipinski definition) is 0. The highest BCUT2D eigenvalue weighted by Crippen LogP contribution is 2.47. The average molecular weight is 328 g/mol. The lowest BCUT2D eigenvalue weighted by atomic mass is 9.65. The maximum absolute atomic E-state index is 3.43. The van der Waals surface area contributed by atoms with Crippen molar-refractivity contribution < 1.29 is 0 Å². The number of benzene rings is 2. The van der Waals surface area contributed by atoms with Crippen LogP contribution >= 0.6 is 0 Å². The fourth-order valence-corrected chi connectivity index (χ4v) is 4.93. The summed E-state index contributed by atoms with van der Waals surface area (Å²) in [7, 11) is 0. The van der Waals surface area contributed by atoms with Gasteiger partial charge in [-0.15, -0.1) is 0 Å². The maximum Gasteiger partial charge on any atom is 0.0281 e. The molecule has 4 rings (SSSR count). The zero-order chi connectivity index (χ0) is 17.4. The minimum Gasteiger partial charge on any atom is -0.0625 e. The molecule has 128 valence electrons.